The number of benzene rings is 2. The number of nitrogens with zero attached hydrogens (tertiary/aromatic N) is 3. The van der Waals surface area contributed by atoms with E-state index >= 15 is 0 Å². The average Bonchev–Trinajstić information content (AvgIpc) is 3.40. The molecule has 176 valence electrons. The van der Waals surface area contributed by atoms with Crippen LogP contribution in [0.15, 0.2) is 47.0 Å². The number of hydrogen-bond acceptors (Lipinski definition) is 6. The van der Waals surface area contributed by atoms with E-state index in [-0.39, 0.29) is 12.2 Å². The van der Waals surface area contributed by atoms with E-state index in [1.54, 1.807) is 0 Å². The first kappa shape index (κ1) is 23.2. The molecule has 33 heavy (non-hydrogen) atoms. The molecular formula is C23H24F3N3O4. The van der Waals surface area contributed by atoms with Crippen LogP contribution >= 0.6 is 0 Å². The van der Waals surface area contributed by atoms with Crippen molar-refractivity contribution in [3.63, 3.8) is 0 Å². The fraction of sp³-hybridized carbons (Fsp3) is 0.435. The molecule has 0 saturated carbocycles. The lowest BCUT2D eigenvalue weighted by Gasteiger charge is -2.35. The summed E-state index contributed by atoms with van der Waals surface area (Å²) < 4.78 is 43.4. The maximum absolute atomic E-state index is 10.6. The number of fused-ring (bicyclic) bond motifs is 2. The van der Waals surface area contributed by atoms with E-state index in [0.29, 0.717) is 17.8 Å². The van der Waals surface area contributed by atoms with Crippen LogP contribution in [0.25, 0.3) is 10.8 Å². The van der Waals surface area contributed by atoms with Crippen LogP contribution in [0.4, 0.5) is 13.2 Å². The second-order valence-corrected chi connectivity index (χ2v) is 8.19. The minimum absolute atomic E-state index is 0.0463. The number of halogens is 3. The van der Waals surface area contributed by atoms with E-state index in [1.165, 1.54) is 16.3 Å². The number of carbonyl (C=O) groups is 1. The van der Waals surface area contributed by atoms with E-state index in [1.807, 2.05) is 6.92 Å². The van der Waals surface area contributed by atoms with Gasteiger partial charge in [-0.1, -0.05) is 47.6 Å². The number of ether oxygens (including phenoxy) is 1. The lowest BCUT2D eigenvalue weighted by Crippen LogP contribution is -2.40. The van der Waals surface area contributed by atoms with E-state index in [9.17, 15) is 13.2 Å². The molecule has 2 aromatic carbocycles. The van der Waals surface area contributed by atoms with Crippen LogP contribution in [0.2, 0.25) is 0 Å². The van der Waals surface area contributed by atoms with E-state index < -0.39 is 12.1 Å². The SMILES string of the molecule is Cc1noc([C@@H]2CC[C@@H]3[C@@H](CCN3Cc3cccc4ccccc34)O2)n1.O=C(O)C(F)(F)F. The quantitative estimate of drug-likeness (QED) is 0.604. The Kier molecular flexibility index (Phi) is 6.66. The van der Waals surface area contributed by atoms with Crippen molar-refractivity contribution in [1.82, 2.24) is 15.0 Å². The zero-order chi connectivity index (χ0) is 23.6. The number of alkyl halides is 3. The Morgan fingerprint density at radius 3 is 2.58 bits per heavy atom. The summed E-state index contributed by atoms with van der Waals surface area (Å²) in [4.78, 5) is 15.8. The molecule has 2 saturated heterocycles. The number of aliphatic carboxylic acids is 1. The van der Waals surface area contributed by atoms with Gasteiger partial charge in [0.2, 0.25) is 0 Å². The fourth-order valence-corrected chi connectivity index (χ4v) is 4.49. The molecule has 1 aromatic heterocycles. The maximum atomic E-state index is 10.6. The zero-order valence-electron chi connectivity index (χ0n) is 18.0. The van der Waals surface area contributed by atoms with Crippen molar-refractivity contribution >= 4 is 16.7 Å². The van der Waals surface area contributed by atoms with Gasteiger partial charge in [-0.3, -0.25) is 4.90 Å². The molecular weight excluding hydrogens is 439 g/mol. The van der Waals surface area contributed by atoms with Crippen LogP contribution in [-0.4, -0.2) is 51.0 Å². The van der Waals surface area contributed by atoms with E-state index in [4.69, 9.17) is 19.2 Å². The molecule has 0 amide bonds. The number of aromatic nitrogens is 2. The molecule has 5 rings (SSSR count). The molecule has 3 aromatic rings. The Bertz CT molecular complexity index is 1110. The van der Waals surface area contributed by atoms with Crippen molar-refractivity contribution in [2.24, 2.45) is 0 Å². The molecule has 0 bridgehead atoms. The van der Waals surface area contributed by atoms with Gasteiger partial charge in [0.05, 0.1) is 6.10 Å². The third-order valence-corrected chi connectivity index (χ3v) is 5.98. The van der Waals surface area contributed by atoms with Gasteiger partial charge in [0.1, 0.15) is 6.10 Å². The van der Waals surface area contributed by atoms with Crippen LogP contribution in [0, 0.1) is 6.92 Å². The Morgan fingerprint density at radius 1 is 1.15 bits per heavy atom. The summed E-state index contributed by atoms with van der Waals surface area (Å²) in [6.07, 6.45) is -1.75. The standard InChI is InChI=1S/C21H23N3O2.C2HF3O2/c1-14-22-21(26-23-14)20-10-9-18-19(25-20)11-12-24(18)13-16-7-4-6-15-5-2-3-8-17(15)16;3-2(4,5)1(6)7/h2-8,18-20H,9-13H2,1H3;(H,6,7)/t18-,19-,20+;/m1./s1. The first-order valence-corrected chi connectivity index (χ1v) is 10.7. The van der Waals surface area contributed by atoms with Gasteiger partial charge in [-0.2, -0.15) is 18.2 Å². The summed E-state index contributed by atoms with van der Waals surface area (Å²) in [5, 5.41) is 13.7. The number of likely N-dealkylation sites (tertiary alicyclic amines) is 1. The zero-order valence-corrected chi connectivity index (χ0v) is 18.0. The average molecular weight is 463 g/mol. The highest BCUT2D eigenvalue weighted by Gasteiger charge is 2.41. The predicted octanol–water partition coefficient (Wildman–Crippen LogP) is 4.66. The molecule has 0 radical (unpaired) electrons. The summed E-state index contributed by atoms with van der Waals surface area (Å²) in [6.45, 7) is 3.91. The third kappa shape index (κ3) is 5.33. The van der Waals surface area contributed by atoms with Crippen molar-refractivity contribution in [2.45, 2.75) is 57.2 Å². The molecule has 0 aliphatic carbocycles. The predicted molar refractivity (Wildman–Crippen MR) is 112 cm³/mol. The van der Waals surface area contributed by atoms with Crippen LogP contribution in [-0.2, 0) is 16.1 Å². The van der Waals surface area contributed by atoms with Gasteiger partial charge in [-0.05, 0) is 42.5 Å². The molecule has 2 aliphatic rings. The molecule has 1 N–H and O–H groups in total. The van der Waals surface area contributed by atoms with Crippen molar-refractivity contribution in [3.05, 3.63) is 59.7 Å². The first-order chi connectivity index (χ1) is 15.7. The number of rotatable bonds is 3. The molecule has 0 spiro atoms. The first-order valence-electron chi connectivity index (χ1n) is 10.7. The molecule has 3 atom stereocenters. The van der Waals surface area contributed by atoms with Gasteiger partial charge in [-0.15, -0.1) is 0 Å². The minimum Gasteiger partial charge on any atom is -0.475 e. The topological polar surface area (TPSA) is 88.7 Å². The van der Waals surface area contributed by atoms with Crippen LogP contribution in [0.1, 0.15) is 42.6 Å². The molecule has 2 fully saturated rings. The van der Waals surface area contributed by atoms with Gasteiger partial charge in [0.15, 0.2) is 5.82 Å². The summed E-state index contributed by atoms with van der Waals surface area (Å²) in [6, 6.07) is 15.7. The Balaban J connectivity index is 0.000000325. The third-order valence-electron chi connectivity index (χ3n) is 5.98. The number of hydrogen-bond donors (Lipinski definition) is 1. The highest BCUT2D eigenvalue weighted by molar-refractivity contribution is 5.85. The smallest absolute Gasteiger partial charge is 0.475 e. The lowest BCUT2D eigenvalue weighted by molar-refractivity contribution is -0.192. The summed E-state index contributed by atoms with van der Waals surface area (Å²) in [5.41, 5.74) is 1.40. The summed E-state index contributed by atoms with van der Waals surface area (Å²) >= 11 is 0. The highest BCUT2D eigenvalue weighted by Crippen LogP contribution is 2.38. The van der Waals surface area contributed by atoms with Crippen LogP contribution in [0.3, 0.4) is 0 Å². The van der Waals surface area contributed by atoms with Gasteiger partial charge in [0, 0.05) is 19.1 Å². The Hall–Kier alpha value is -2.98. The monoisotopic (exact) mass is 463 g/mol. The number of carboxylic acid groups (broad SMARTS) is 1. The number of carboxylic acids is 1. The van der Waals surface area contributed by atoms with Gasteiger partial charge in [-0.25, -0.2) is 4.79 Å². The van der Waals surface area contributed by atoms with Crippen molar-refractivity contribution in [1.29, 1.82) is 0 Å². The van der Waals surface area contributed by atoms with Gasteiger partial charge >= 0.3 is 12.1 Å². The number of aryl methyl sites for hydroxylation is 1. The van der Waals surface area contributed by atoms with E-state index in [2.05, 4.69) is 57.5 Å². The highest BCUT2D eigenvalue weighted by atomic mass is 19.4. The molecule has 0 unspecified atom stereocenters. The van der Waals surface area contributed by atoms with Gasteiger partial charge in [0.25, 0.3) is 5.89 Å². The second kappa shape index (κ2) is 9.48. The summed E-state index contributed by atoms with van der Waals surface area (Å²) in [5.74, 6) is -1.45. The molecule has 3 heterocycles. The normalized spacial score (nSPS) is 23.1. The molecule has 2 aliphatic heterocycles. The van der Waals surface area contributed by atoms with Crippen molar-refractivity contribution in [3.8, 4) is 0 Å². The van der Waals surface area contributed by atoms with Crippen molar-refractivity contribution in [2.75, 3.05) is 6.54 Å². The molecule has 10 heteroatoms. The van der Waals surface area contributed by atoms with Gasteiger partial charge < -0.3 is 14.4 Å². The Morgan fingerprint density at radius 2 is 1.88 bits per heavy atom. The Labute approximate surface area is 188 Å². The van der Waals surface area contributed by atoms with Crippen LogP contribution in [0.5, 0.6) is 0 Å². The van der Waals surface area contributed by atoms with E-state index in [0.717, 1.165) is 32.4 Å². The maximum Gasteiger partial charge on any atom is 0.490 e. The second-order valence-electron chi connectivity index (χ2n) is 8.19. The lowest BCUT2D eigenvalue weighted by atomic mass is 9.98. The minimum atomic E-state index is -5.08. The van der Waals surface area contributed by atoms with Crippen LogP contribution < -0.4 is 0 Å². The molecule has 7 nitrogen and oxygen atoms in total. The largest absolute Gasteiger partial charge is 0.490 e. The fourth-order valence-electron chi connectivity index (χ4n) is 4.49. The summed E-state index contributed by atoms with van der Waals surface area (Å²) in [7, 11) is 0. The van der Waals surface area contributed by atoms with Crippen molar-refractivity contribution < 1.29 is 32.3 Å².